The van der Waals surface area contributed by atoms with Gasteiger partial charge in [-0.15, -0.1) is 13.2 Å². The van der Waals surface area contributed by atoms with Crippen LogP contribution in [0.1, 0.15) is 48.7 Å². The van der Waals surface area contributed by atoms with Crippen LogP contribution in [0.4, 0.5) is 17.6 Å². The van der Waals surface area contributed by atoms with Crippen LogP contribution in [0.25, 0.3) is 11.0 Å². The van der Waals surface area contributed by atoms with Gasteiger partial charge in [0.15, 0.2) is 0 Å². The number of alkyl halides is 3. The summed E-state index contributed by atoms with van der Waals surface area (Å²) in [5.41, 5.74) is 1.73. The van der Waals surface area contributed by atoms with Gasteiger partial charge in [0.05, 0.1) is 28.5 Å². The molecule has 0 saturated heterocycles. The molecule has 2 aromatic carbocycles. The van der Waals surface area contributed by atoms with Gasteiger partial charge in [-0.2, -0.15) is 5.10 Å². The van der Waals surface area contributed by atoms with E-state index in [2.05, 4.69) is 9.84 Å². The van der Waals surface area contributed by atoms with Crippen LogP contribution >= 0.6 is 11.6 Å². The molecule has 0 unspecified atom stereocenters. The molecule has 0 spiro atoms. The number of halogens is 5. The first-order chi connectivity index (χ1) is 19.0. The summed E-state index contributed by atoms with van der Waals surface area (Å²) in [6.07, 6.45) is -0.646. The molecule has 0 bridgehead atoms. The first kappa shape index (κ1) is 27.8. The van der Waals surface area contributed by atoms with Gasteiger partial charge in [-0.1, -0.05) is 30.5 Å². The Hall–Kier alpha value is -3.80. The second-order valence-electron chi connectivity index (χ2n) is 9.73. The highest BCUT2D eigenvalue weighted by Gasteiger charge is 2.36. The summed E-state index contributed by atoms with van der Waals surface area (Å²) in [5.74, 6) is -2.67. The van der Waals surface area contributed by atoms with Gasteiger partial charge in [0, 0.05) is 36.9 Å². The summed E-state index contributed by atoms with van der Waals surface area (Å²) >= 11 is 6.18. The maximum Gasteiger partial charge on any atom is 0.573 e. The normalized spacial score (nSPS) is 17.8. The fourth-order valence-corrected chi connectivity index (χ4v) is 5.41. The quantitative estimate of drug-likeness (QED) is 0.241. The SMILES string of the molecule is Cn1cc(Cl)c(COc2ccc3nc([C@@H]4CCCC[C@@H]4C(=O)O)n(Cc4ccc(OC(F)(F)F)cc4F)c3c2)n1. The number of rotatable bonds is 8. The highest BCUT2D eigenvalue weighted by molar-refractivity contribution is 6.31. The Bertz CT molecular complexity index is 1550. The van der Waals surface area contributed by atoms with Crippen molar-refractivity contribution < 1.29 is 36.9 Å². The van der Waals surface area contributed by atoms with Crippen molar-refractivity contribution in [2.75, 3.05) is 0 Å². The molecule has 5 rings (SSSR count). The first-order valence-electron chi connectivity index (χ1n) is 12.6. The third kappa shape index (κ3) is 6.01. The van der Waals surface area contributed by atoms with E-state index in [1.165, 1.54) is 6.07 Å². The van der Waals surface area contributed by atoms with E-state index >= 15 is 4.39 Å². The van der Waals surface area contributed by atoms with Crippen molar-refractivity contribution in [2.45, 2.75) is 51.1 Å². The number of carboxylic acids is 1. The van der Waals surface area contributed by atoms with E-state index in [1.807, 2.05) is 0 Å². The molecule has 1 saturated carbocycles. The molecule has 0 radical (unpaired) electrons. The van der Waals surface area contributed by atoms with Crippen LogP contribution in [0, 0.1) is 11.7 Å². The van der Waals surface area contributed by atoms with E-state index in [0.29, 0.717) is 52.2 Å². The molecular weight excluding hydrogens is 556 g/mol. The lowest BCUT2D eigenvalue weighted by Crippen LogP contribution is -2.28. The summed E-state index contributed by atoms with van der Waals surface area (Å²) in [6.45, 7) is -0.00644. The second-order valence-corrected chi connectivity index (χ2v) is 10.1. The Morgan fingerprint density at radius 2 is 1.90 bits per heavy atom. The minimum Gasteiger partial charge on any atom is -0.487 e. The van der Waals surface area contributed by atoms with Crippen molar-refractivity contribution in [3.8, 4) is 11.5 Å². The Labute approximate surface area is 231 Å². The highest BCUT2D eigenvalue weighted by atomic mass is 35.5. The van der Waals surface area contributed by atoms with Crippen LogP contribution in [0.2, 0.25) is 5.02 Å². The van der Waals surface area contributed by atoms with Gasteiger partial charge < -0.3 is 19.1 Å². The second kappa shape index (κ2) is 11.0. The number of ether oxygens (including phenoxy) is 2. The Kier molecular flexibility index (Phi) is 7.63. The summed E-state index contributed by atoms with van der Waals surface area (Å²) in [5, 5.41) is 14.6. The smallest absolute Gasteiger partial charge is 0.487 e. The van der Waals surface area contributed by atoms with Gasteiger partial charge in [-0.25, -0.2) is 9.37 Å². The maximum atomic E-state index is 15.0. The van der Waals surface area contributed by atoms with Crippen molar-refractivity contribution in [3.63, 3.8) is 0 Å². The summed E-state index contributed by atoms with van der Waals surface area (Å²) in [7, 11) is 1.73. The minimum absolute atomic E-state index is 0.0874. The van der Waals surface area contributed by atoms with E-state index in [1.54, 1.807) is 40.7 Å². The number of aromatic nitrogens is 4. The number of carbonyl (C=O) groups is 1. The molecule has 1 N–H and O–H groups in total. The molecule has 1 fully saturated rings. The van der Waals surface area contributed by atoms with E-state index in [0.717, 1.165) is 18.9 Å². The maximum absolute atomic E-state index is 15.0. The molecule has 8 nitrogen and oxygen atoms in total. The lowest BCUT2D eigenvalue weighted by atomic mass is 9.78. The number of benzene rings is 2. The number of fused-ring (bicyclic) bond motifs is 1. The Morgan fingerprint density at radius 1 is 1.15 bits per heavy atom. The van der Waals surface area contributed by atoms with Crippen molar-refractivity contribution in [2.24, 2.45) is 13.0 Å². The highest BCUT2D eigenvalue weighted by Crippen LogP contribution is 2.40. The van der Waals surface area contributed by atoms with Gasteiger partial charge in [0.1, 0.15) is 35.4 Å². The number of imidazole rings is 1. The third-order valence-corrected chi connectivity index (χ3v) is 7.30. The van der Waals surface area contributed by atoms with Crippen LogP contribution in [0.5, 0.6) is 11.5 Å². The lowest BCUT2D eigenvalue weighted by molar-refractivity contribution is -0.274. The topological polar surface area (TPSA) is 91.4 Å². The largest absolute Gasteiger partial charge is 0.573 e. The molecule has 2 aromatic heterocycles. The third-order valence-electron chi connectivity index (χ3n) is 6.98. The van der Waals surface area contributed by atoms with Crippen LogP contribution in [-0.2, 0) is 25.0 Å². The zero-order valence-electron chi connectivity index (χ0n) is 21.3. The minimum atomic E-state index is -4.95. The van der Waals surface area contributed by atoms with E-state index < -0.39 is 35.7 Å². The number of aryl methyl sites for hydroxylation is 1. The van der Waals surface area contributed by atoms with Gasteiger partial charge in [0.25, 0.3) is 0 Å². The van der Waals surface area contributed by atoms with Crippen LogP contribution in [-0.4, -0.2) is 36.8 Å². The molecular formula is C27H25ClF4N4O4. The monoisotopic (exact) mass is 580 g/mol. The van der Waals surface area contributed by atoms with Crippen LogP contribution in [0.3, 0.4) is 0 Å². The number of hydrogen-bond acceptors (Lipinski definition) is 5. The number of carboxylic acid groups (broad SMARTS) is 1. The average Bonchev–Trinajstić information content (AvgIpc) is 3.41. The summed E-state index contributed by atoms with van der Waals surface area (Å²) < 4.78 is 65.9. The summed E-state index contributed by atoms with van der Waals surface area (Å²) in [6, 6.07) is 8.06. The molecule has 13 heteroatoms. The molecule has 2 atom stereocenters. The van der Waals surface area contributed by atoms with E-state index in [4.69, 9.17) is 21.3 Å². The number of hydrogen-bond donors (Lipinski definition) is 1. The fraction of sp³-hybridized carbons (Fsp3) is 0.370. The zero-order valence-corrected chi connectivity index (χ0v) is 22.0. The predicted molar refractivity (Wildman–Crippen MR) is 137 cm³/mol. The zero-order chi connectivity index (χ0) is 28.6. The lowest BCUT2D eigenvalue weighted by Gasteiger charge is -2.28. The molecule has 1 aliphatic carbocycles. The van der Waals surface area contributed by atoms with E-state index in [-0.39, 0.29) is 18.7 Å². The molecule has 1 aliphatic rings. The van der Waals surface area contributed by atoms with Crippen molar-refractivity contribution in [3.05, 3.63) is 70.5 Å². The first-order valence-corrected chi connectivity index (χ1v) is 12.9. The Morgan fingerprint density at radius 3 is 2.58 bits per heavy atom. The van der Waals surface area contributed by atoms with Gasteiger partial charge in [-0.05, 0) is 31.0 Å². The van der Waals surface area contributed by atoms with Crippen LogP contribution < -0.4 is 9.47 Å². The van der Waals surface area contributed by atoms with Crippen molar-refractivity contribution in [1.29, 1.82) is 0 Å². The number of nitrogens with zero attached hydrogens (tertiary/aromatic N) is 4. The molecule has 2 heterocycles. The molecule has 0 amide bonds. The molecule has 212 valence electrons. The van der Waals surface area contributed by atoms with Gasteiger partial charge in [-0.3, -0.25) is 9.48 Å². The van der Waals surface area contributed by atoms with Crippen LogP contribution in [0.15, 0.2) is 42.6 Å². The molecule has 4 aromatic rings. The fourth-order valence-electron chi connectivity index (χ4n) is 5.17. The van der Waals surface area contributed by atoms with E-state index in [9.17, 15) is 23.1 Å². The summed E-state index contributed by atoms with van der Waals surface area (Å²) in [4.78, 5) is 16.8. The van der Waals surface area contributed by atoms with Gasteiger partial charge in [0.2, 0.25) is 0 Å². The standard InChI is InChI=1S/C27H25ClF4N4O4/c1-35-13-20(28)23(34-35)14-39-16-8-9-22-24(11-16)36(25(33-22)18-4-2-3-5-19(18)26(37)38)12-15-6-7-17(10-21(15)29)40-27(30,31)32/h6-11,13,18-19H,2-5,12,14H2,1H3,(H,37,38)/t18-,19+/m1/s1. The predicted octanol–water partition coefficient (Wildman–Crippen LogP) is 6.45. The number of aliphatic carboxylic acids is 1. The van der Waals surface area contributed by atoms with Crippen molar-refractivity contribution >= 4 is 28.6 Å². The molecule has 0 aliphatic heterocycles. The van der Waals surface area contributed by atoms with Crippen molar-refractivity contribution in [1.82, 2.24) is 19.3 Å². The average molecular weight is 581 g/mol. The molecule has 40 heavy (non-hydrogen) atoms. The Balaban J connectivity index is 1.53. The van der Waals surface area contributed by atoms with Gasteiger partial charge >= 0.3 is 12.3 Å².